The van der Waals surface area contributed by atoms with E-state index >= 15 is 0 Å². The Bertz CT molecular complexity index is 75.6. The van der Waals surface area contributed by atoms with Crippen LogP contribution in [0, 0.1) is 0 Å². The average molecular weight is 105 g/mol. The third-order valence-corrected chi connectivity index (χ3v) is 0.702. The molecule has 0 bridgehead atoms. The lowest BCUT2D eigenvalue weighted by molar-refractivity contribution is -0.104. The van der Waals surface area contributed by atoms with Crippen LogP contribution in [0.15, 0.2) is 11.1 Å². The molecule has 0 atom stereocenters. The van der Waals surface area contributed by atoms with Gasteiger partial charge in [-0.15, -0.1) is 0 Å². The topological polar surface area (TPSA) is 17.1 Å². The van der Waals surface area contributed by atoms with E-state index in [9.17, 15) is 4.79 Å². The Kier molecular flexibility index (Phi) is 2.77. The van der Waals surface area contributed by atoms with Gasteiger partial charge in [-0.1, -0.05) is 11.6 Å². The zero-order valence-corrected chi connectivity index (χ0v) is 4.20. The third kappa shape index (κ3) is 1.97. The number of carbonyl (C=O) groups excluding carboxylic acids is 1. The lowest BCUT2D eigenvalue weighted by Gasteiger charge is -1.71. The summed E-state index contributed by atoms with van der Waals surface area (Å²) in [6.45, 7) is 1.64. The van der Waals surface area contributed by atoms with Gasteiger partial charge in [0.15, 0.2) is 0 Å². The van der Waals surface area contributed by atoms with Crippen LogP contribution in [0.25, 0.3) is 0 Å². The Morgan fingerprint density at radius 1 is 1.83 bits per heavy atom. The van der Waals surface area contributed by atoms with E-state index in [2.05, 4.69) is 0 Å². The van der Waals surface area contributed by atoms with Gasteiger partial charge in [-0.25, -0.2) is 0 Å². The van der Waals surface area contributed by atoms with Crippen molar-refractivity contribution in [2.45, 2.75) is 6.92 Å². The number of carbonyl (C=O) groups is 1. The molecule has 0 aliphatic heterocycles. The van der Waals surface area contributed by atoms with Gasteiger partial charge < -0.3 is 0 Å². The summed E-state index contributed by atoms with van der Waals surface area (Å²) in [5.41, 5.74) is 1.80. The van der Waals surface area contributed by atoms with Gasteiger partial charge in [-0.2, -0.15) is 0 Å². The van der Waals surface area contributed by atoms with Crippen LogP contribution in [0.2, 0.25) is 0 Å². The molecule has 0 N–H and O–H groups in total. The Balaban J connectivity index is 3.50. The molecule has 0 aromatic carbocycles. The van der Waals surface area contributed by atoms with Crippen molar-refractivity contribution in [1.29, 1.82) is 0 Å². The Morgan fingerprint density at radius 2 is 2.33 bits per heavy atom. The molecule has 0 aliphatic carbocycles. The Labute approximate surface area is 41.6 Å². The third-order valence-electron chi connectivity index (χ3n) is 0.358. The minimum Gasteiger partial charge on any atom is -0.298 e. The number of rotatable bonds is 1. The zero-order valence-electron chi connectivity index (χ0n) is 3.44. The number of halogens is 1. The van der Waals surface area contributed by atoms with Crippen molar-refractivity contribution in [2.24, 2.45) is 0 Å². The standard InChI is InChI=1S/C4H5ClO/c1-4(2-5)3-6/h2-3H,1H3/b4-2-. The molecule has 0 aromatic heterocycles. The van der Waals surface area contributed by atoms with Gasteiger partial charge in [0.25, 0.3) is 0 Å². The van der Waals surface area contributed by atoms with Crippen molar-refractivity contribution in [3.63, 3.8) is 0 Å². The first-order chi connectivity index (χ1) is 2.81. The van der Waals surface area contributed by atoms with E-state index in [1.807, 2.05) is 0 Å². The molecule has 0 spiro atoms. The smallest absolute Gasteiger partial charge is 0.146 e. The summed E-state index contributed by atoms with van der Waals surface area (Å²) >= 11 is 5.06. The highest BCUT2D eigenvalue weighted by atomic mass is 35.5. The number of hydrogen-bond donors (Lipinski definition) is 0. The number of aldehydes is 1. The van der Waals surface area contributed by atoms with Crippen molar-refractivity contribution >= 4 is 17.9 Å². The van der Waals surface area contributed by atoms with Crippen LogP contribution in [0.1, 0.15) is 6.92 Å². The van der Waals surface area contributed by atoms with Crippen LogP contribution in [0.3, 0.4) is 0 Å². The maximum Gasteiger partial charge on any atom is 0.146 e. The Hall–Kier alpha value is -0.300. The highest BCUT2D eigenvalue weighted by molar-refractivity contribution is 6.26. The van der Waals surface area contributed by atoms with E-state index < -0.39 is 0 Å². The molecule has 0 fully saturated rings. The molecular formula is C4H5ClO. The maximum atomic E-state index is 9.58. The van der Waals surface area contributed by atoms with Crippen LogP contribution >= 0.6 is 11.6 Å². The molecule has 6 heavy (non-hydrogen) atoms. The SMILES string of the molecule is C/C(C=O)=C/Cl. The van der Waals surface area contributed by atoms with E-state index in [-0.39, 0.29) is 0 Å². The van der Waals surface area contributed by atoms with Crippen LogP contribution in [0.5, 0.6) is 0 Å². The highest BCUT2D eigenvalue weighted by Gasteiger charge is 1.74. The summed E-state index contributed by atoms with van der Waals surface area (Å²) in [6.07, 6.45) is 0.701. The minimum atomic E-state index is 0.552. The summed E-state index contributed by atoms with van der Waals surface area (Å²) < 4.78 is 0. The lowest BCUT2D eigenvalue weighted by Crippen LogP contribution is -1.68. The molecule has 0 unspecified atom stereocenters. The minimum absolute atomic E-state index is 0.552. The van der Waals surface area contributed by atoms with Crippen molar-refractivity contribution in [2.75, 3.05) is 0 Å². The van der Waals surface area contributed by atoms with Gasteiger partial charge in [0, 0.05) is 11.1 Å². The quantitative estimate of drug-likeness (QED) is 0.362. The van der Waals surface area contributed by atoms with Crippen LogP contribution < -0.4 is 0 Å². The fourth-order valence-electron chi connectivity index (χ4n) is 0.0257. The number of allylic oxidation sites excluding steroid dienone is 1. The highest BCUT2D eigenvalue weighted by Crippen LogP contribution is 1.86. The summed E-state index contributed by atoms with van der Waals surface area (Å²) in [6, 6.07) is 0. The van der Waals surface area contributed by atoms with E-state index in [4.69, 9.17) is 11.6 Å². The maximum absolute atomic E-state index is 9.58. The summed E-state index contributed by atoms with van der Waals surface area (Å²) in [4.78, 5) is 9.58. The molecule has 2 heteroatoms. The largest absolute Gasteiger partial charge is 0.298 e. The fourth-order valence-corrected chi connectivity index (χ4v) is 0.0772. The first-order valence-corrected chi connectivity index (χ1v) is 1.97. The molecule has 0 saturated carbocycles. The monoisotopic (exact) mass is 104 g/mol. The summed E-state index contributed by atoms with van der Waals surface area (Å²) in [5.74, 6) is 0. The molecule has 0 aromatic rings. The van der Waals surface area contributed by atoms with Crippen LogP contribution in [-0.2, 0) is 4.79 Å². The average Bonchev–Trinajstić information content (AvgIpc) is 1.65. The molecule has 0 aliphatic rings. The van der Waals surface area contributed by atoms with Gasteiger partial charge >= 0.3 is 0 Å². The normalized spacial score (nSPS) is 11.3. The first kappa shape index (κ1) is 5.70. The second-order valence-corrected chi connectivity index (χ2v) is 1.19. The van der Waals surface area contributed by atoms with E-state index in [1.54, 1.807) is 6.92 Å². The van der Waals surface area contributed by atoms with E-state index in [0.29, 0.717) is 11.9 Å². The van der Waals surface area contributed by atoms with Gasteiger partial charge in [-0.3, -0.25) is 4.79 Å². The molecular weight excluding hydrogens is 99.5 g/mol. The number of hydrogen-bond acceptors (Lipinski definition) is 1. The molecule has 0 amide bonds. The fraction of sp³-hybridized carbons (Fsp3) is 0.250. The first-order valence-electron chi connectivity index (χ1n) is 1.53. The van der Waals surface area contributed by atoms with Gasteiger partial charge in [0.1, 0.15) is 6.29 Å². The van der Waals surface area contributed by atoms with Crippen LogP contribution in [0.4, 0.5) is 0 Å². The van der Waals surface area contributed by atoms with Crippen molar-refractivity contribution in [3.05, 3.63) is 11.1 Å². The van der Waals surface area contributed by atoms with E-state index in [1.165, 1.54) is 5.54 Å². The molecule has 1 nitrogen and oxygen atoms in total. The predicted octanol–water partition coefficient (Wildman–Crippen LogP) is 1.33. The summed E-state index contributed by atoms with van der Waals surface area (Å²) in [7, 11) is 0. The van der Waals surface area contributed by atoms with Gasteiger partial charge in [0.05, 0.1) is 0 Å². The molecule has 0 heterocycles. The van der Waals surface area contributed by atoms with Crippen molar-refractivity contribution < 1.29 is 4.79 Å². The van der Waals surface area contributed by atoms with Crippen LogP contribution in [-0.4, -0.2) is 6.29 Å². The van der Waals surface area contributed by atoms with Crippen molar-refractivity contribution in [1.82, 2.24) is 0 Å². The second kappa shape index (κ2) is 2.91. The molecule has 34 valence electrons. The second-order valence-electron chi connectivity index (χ2n) is 0.971. The predicted molar refractivity (Wildman–Crippen MR) is 25.7 cm³/mol. The lowest BCUT2D eigenvalue weighted by atomic mass is 10.4. The summed E-state index contributed by atoms with van der Waals surface area (Å²) in [5, 5.41) is 0. The van der Waals surface area contributed by atoms with E-state index in [0.717, 1.165) is 0 Å². The Morgan fingerprint density at radius 3 is 2.33 bits per heavy atom. The van der Waals surface area contributed by atoms with Gasteiger partial charge in [-0.05, 0) is 6.92 Å². The molecule has 0 rings (SSSR count). The molecule has 0 saturated heterocycles. The van der Waals surface area contributed by atoms with Crippen molar-refractivity contribution in [3.8, 4) is 0 Å². The zero-order chi connectivity index (χ0) is 4.99. The van der Waals surface area contributed by atoms with Gasteiger partial charge in [0.2, 0.25) is 0 Å². The molecule has 0 radical (unpaired) electrons.